The molecule has 166 valence electrons. The second-order valence-corrected chi connectivity index (χ2v) is 8.56. The monoisotopic (exact) mass is 415 g/mol. The molecule has 0 aromatic heterocycles. The third-order valence-corrected chi connectivity index (χ3v) is 6.02. The summed E-state index contributed by atoms with van der Waals surface area (Å²) in [5.41, 5.74) is 1.25. The maximum atomic E-state index is 12.1. The first-order chi connectivity index (χ1) is 14.5. The van der Waals surface area contributed by atoms with Gasteiger partial charge < -0.3 is 24.8 Å². The van der Waals surface area contributed by atoms with Gasteiger partial charge in [0.05, 0.1) is 7.11 Å². The number of nitrogens with one attached hydrogen (secondary N) is 1. The van der Waals surface area contributed by atoms with E-state index in [1.807, 2.05) is 12.1 Å². The van der Waals surface area contributed by atoms with Gasteiger partial charge in [-0.1, -0.05) is 12.1 Å². The fraction of sp³-hybridized carbons (Fsp3) is 0.652. The minimum Gasteiger partial charge on any atom is -0.497 e. The Kier molecular flexibility index (Phi) is 8.37. The zero-order valence-electron chi connectivity index (χ0n) is 18.8. The number of hydrogen-bond acceptors (Lipinski definition) is 4. The van der Waals surface area contributed by atoms with Crippen LogP contribution in [0.25, 0.3) is 0 Å². The van der Waals surface area contributed by atoms with Crippen molar-refractivity contribution in [3.05, 3.63) is 29.8 Å². The van der Waals surface area contributed by atoms with E-state index in [1.54, 1.807) is 26.1 Å². The van der Waals surface area contributed by atoms with Crippen LogP contribution in [-0.4, -0.2) is 93.6 Å². The minimum absolute atomic E-state index is 0.0252. The highest BCUT2D eigenvalue weighted by Crippen LogP contribution is 2.20. The average Bonchev–Trinajstić information content (AvgIpc) is 3.43. The first kappa shape index (κ1) is 22.4. The zero-order chi connectivity index (χ0) is 21.3. The van der Waals surface area contributed by atoms with Crippen molar-refractivity contribution in [3.63, 3.8) is 0 Å². The topological polar surface area (TPSA) is 60.4 Å². The number of ether oxygens (including phenoxy) is 1. The lowest BCUT2D eigenvalue weighted by molar-refractivity contribution is -0.127. The first-order valence-electron chi connectivity index (χ1n) is 11.1. The Morgan fingerprint density at radius 3 is 2.60 bits per heavy atom. The van der Waals surface area contributed by atoms with Gasteiger partial charge in [-0.05, 0) is 62.4 Å². The molecule has 1 N–H and O–H groups in total. The van der Waals surface area contributed by atoms with Crippen LogP contribution >= 0.6 is 0 Å². The van der Waals surface area contributed by atoms with Crippen LogP contribution in [0.15, 0.2) is 29.3 Å². The Labute approximate surface area is 181 Å². The van der Waals surface area contributed by atoms with Crippen molar-refractivity contribution in [1.82, 2.24) is 20.0 Å². The number of benzene rings is 1. The van der Waals surface area contributed by atoms with Gasteiger partial charge in [-0.2, -0.15) is 0 Å². The van der Waals surface area contributed by atoms with E-state index in [0.29, 0.717) is 5.92 Å². The smallest absolute Gasteiger partial charge is 0.243 e. The highest BCUT2D eigenvalue weighted by molar-refractivity contribution is 5.85. The molecule has 2 saturated heterocycles. The summed E-state index contributed by atoms with van der Waals surface area (Å²) in [6.07, 6.45) is 4.76. The second kappa shape index (κ2) is 11.2. The molecule has 7 nitrogen and oxygen atoms in total. The number of rotatable bonds is 8. The number of aliphatic imine (C=N–C) groups is 1. The molecule has 2 aliphatic rings. The van der Waals surface area contributed by atoms with Crippen LogP contribution in [0, 0.1) is 5.92 Å². The molecule has 2 heterocycles. The van der Waals surface area contributed by atoms with Crippen molar-refractivity contribution in [1.29, 1.82) is 0 Å². The molecule has 30 heavy (non-hydrogen) atoms. The third kappa shape index (κ3) is 6.62. The molecule has 1 unspecified atom stereocenters. The number of carbonyl (C=O) groups is 1. The van der Waals surface area contributed by atoms with Gasteiger partial charge >= 0.3 is 0 Å². The van der Waals surface area contributed by atoms with Gasteiger partial charge in [0.1, 0.15) is 12.3 Å². The van der Waals surface area contributed by atoms with Crippen molar-refractivity contribution < 1.29 is 9.53 Å². The Morgan fingerprint density at radius 2 is 1.93 bits per heavy atom. The molecule has 2 fully saturated rings. The molecule has 1 aromatic rings. The van der Waals surface area contributed by atoms with Gasteiger partial charge in [0.15, 0.2) is 5.96 Å². The van der Waals surface area contributed by atoms with Crippen molar-refractivity contribution >= 4 is 11.9 Å². The van der Waals surface area contributed by atoms with E-state index in [0.717, 1.165) is 37.8 Å². The standard InChI is InChI=1S/C23H37N5O2/c1-26(2)22(29)16-25-23(24-12-10-19-6-8-21(30-3)9-7-19)28-15-11-20(18-28)17-27-13-4-5-14-27/h6-9,20H,4-5,10-18H2,1-3H3,(H,24,25). The van der Waals surface area contributed by atoms with Crippen molar-refractivity contribution in [2.75, 3.05) is 67.0 Å². The van der Waals surface area contributed by atoms with Crippen LogP contribution in [0.2, 0.25) is 0 Å². The summed E-state index contributed by atoms with van der Waals surface area (Å²) in [5, 5.41) is 3.51. The predicted octanol–water partition coefficient (Wildman–Crippen LogP) is 1.69. The first-order valence-corrected chi connectivity index (χ1v) is 11.1. The SMILES string of the molecule is COc1ccc(CCNC(=NCC(=O)N(C)C)N2CCC(CN3CCCC3)C2)cc1. The largest absolute Gasteiger partial charge is 0.497 e. The van der Waals surface area contributed by atoms with E-state index in [9.17, 15) is 4.79 Å². The highest BCUT2D eigenvalue weighted by Gasteiger charge is 2.27. The fourth-order valence-corrected chi connectivity index (χ4v) is 4.17. The van der Waals surface area contributed by atoms with E-state index in [2.05, 4.69) is 32.2 Å². The maximum absolute atomic E-state index is 12.1. The molecule has 0 saturated carbocycles. The van der Waals surface area contributed by atoms with E-state index in [4.69, 9.17) is 4.74 Å². The lowest BCUT2D eigenvalue weighted by Crippen LogP contribution is -2.42. The summed E-state index contributed by atoms with van der Waals surface area (Å²) in [6, 6.07) is 8.16. The van der Waals surface area contributed by atoms with Crippen molar-refractivity contribution in [2.45, 2.75) is 25.7 Å². The summed E-state index contributed by atoms with van der Waals surface area (Å²) in [6.45, 7) is 6.67. The van der Waals surface area contributed by atoms with Crippen LogP contribution in [0.1, 0.15) is 24.8 Å². The van der Waals surface area contributed by atoms with Crippen LogP contribution in [0.4, 0.5) is 0 Å². The highest BCUT2D eigenvalue weighted by atomic mass is 16.5. The van der Waals surface area contributed by atoms with Crippen molar-refractivity contribution in [2.24, 2.45) is 10.9 Å². The van der Waals surface area contributed by atoms with E-state index in [-0.39, 0.29) is 12.5 Å². The number of amides is 1. The molecular formula is C23H37N5O2. The Balaban J connectivity index is 1.55. The van der Waals surface area contributed by atoms with Gasteiger partial charge in [-0.15, -0.1) is 0 Å². The van der Waals surface area contributed by atoms with Gasteiger partial charge in [0.25, 0.3) is 0 Å². The van der Waals surface area contributed by atoms with Crippen molar-refractivity contribution in [3.8, 4) is 5.75 Å². The second-order valence-electron chi connectivity index (χ2n) is 8.56. The number of guanidine groups is 1. The fourth-order valence-electron chi connectivity index (χ4n) is 4.17. The molecule has 1 aromatic carbocycles. The summed E-state index contributed by atoms with van der Waals surface area (Å²) < 4.78 is 5.23. The van der Waals surface area contributed by atoms with Crippen LogP contribution in [-0.2, 0) is 11.2 Å². The minimum atomic E-state index is 0.0252. The normalized spacial score (nSPS) is 19.9. The van der Waals surface area contributed by atoms with Gasteiger partial charge in [0, 0.05) is 40.3 Å². The summed E-state index contributed by atoms with van der Waals surface area (Å²) >= 11 is 0. The molecule has 1 atom stereocenters. The molecule has 0 aliphatic carbocycles. The van der Waals surface area contributed by atoms with E-state index >= 15 is 0 Å². The zero-order valence-corrected chi connectivity index (χ0v) is 18.8. The van der Waals surface area contributed by atoms with Crippen LogP contribution < -0.4 is 10.1 Å². The summed E-state index contributed by atoms with van der Waals surface area (Å²) in [5.74, 6) is 2.44. The number of likely N-dealkylation sites (N-methyl/N-ethyl adjacent to an activating group) is 1. The molecule has 1 amide bonds. The molecule has 0 spiro atoms. The van der Waals surface area contributed by atoms with E-state index < -0.39 is 0 Å². The van der Waals surface area contributed by atoms with Gasteiger partial charge in [0.2, 0.25) is 5.91 Å². The summed E-state index contributed by atoms with van der Waals surface area (Å²) in [7, 11) is 5.23. The number of hydrogen-bond donors (Lipinski definition) is 1. The van der Waals surface area contributed by atoms with Gasteiger partial charge in [-0.3, -0.25) is 4.79 Å². The predicted molar refractivity (Wildman–Crippen MR) is 121 cm³/mol. The lowest BCUT2D eigenvalue weighted by Gasteiger charge is -2.24. The maximum Gasteiger partial charge on any atom is 0.243 e. The molecule has 0 radical (unpaired) electrons. The Morgan fingerprint density at radius 1 is 1.20 bits per heavy atom. The molecule has 3 rings (SSSR count). The van der Waals surface area contributed by atoms with Crippen LogP contribution in [0.5, 0.6) is 5.75 Å². The Hall–Kier alpha value is -2.28. The van der Waals surface area contributed by atoms with Crippen LogP contribution in [0.3, 0.4) is 0 Å². The molecule has 7 heteroatoms. The number of likely N-dealkylation sites (tertiary alicyclic amines) is 2. The summed E-state index contributed by atoms with van der Waals surface area (Å²) in [4.78, 5) is 23.2. The molecule has 2 aliphatic heterocycles. The Bertz CT molecular complexity index is 698. The third-order valence-electron chi connectivity index (χ3n) is 6.02. The molecule has 0 bridgehead atoms. The number of nitrogens with zero attached hydrogens (tertiary/aromatic N) is 4. The lowest BCUT2D eigenvalue weighted by atomic mass is 10.1. The number of methoxy groups -OCH3 is 1. The van der Waals surface area contributed by atoms with Gasteiger partial charge in [-0.25, -0.2) is 4.99 Å². The van der Waals surface area contributed by atoms with E-state index in [1.165, 1.54) is 44.5 Å². The average molecular weight is 416 g/mol. The molecular weight excluding hydrogens is 378 g/mol. The number of carbonyl (C=O) groups excluding carboxylic acids is 1. The quantitative estimate of drug-likeness (QED) is 0.517.